The molecule has 0 aromatic rings. The van der Waals surface area contributed by atoms with Gasteiger partial charge in [0.25, 0.3) is 0 Å². The second kappa shape index (κ2) is 26.7. The van der Waals surface area contributed by atoms with Crippen LogP contribution in [0.4, 0.5) is 0 Å². The van der Waals surface area contributed by atoms with Crippen LogP contribution in [0.5, 0.6) is 0 Å². The summed E-state index contributed by atoms with van der Waals surface area (Å²) in [6.45, 7) is 18.1. The fraction of sp³-hybridized carbons (Fsp3) is 0.583. The SMILES string of the molecule is Br.CC(C)=CCC/C(C)=C/COC(=O)CN(CC(=O)OC/C=C(\C)CCC=C(C)C)CC(=O)OC/C=C(\C)CCC=C(C)C. The van der Waals surface area contributed by atoms with Crippen molar-refractivity contribution in [2.24, 2.45) is 0 Å². The summed E-state index contributed by atoms with van der Waals surface area (Å²) in [5, 5.41) is 0. The van der Waals surface area contributed by atoms with Gasteiger partial charge in [-0.3, -0.25) is 19.3 Å². The minimum absolute atomic E-state index is 0. The zero-order chi connectivity index (χ0) is 32.6. The Morgan fingerprint density at radius 3 is 0.932 bits per heavy atom. The Morgan fingerprint density at radius 1 is 0.455 bits per heavy atom. The predicted molar refractivity (Wildman–Crippen MR) is 187 cm³/mol. The van der Waals surface area contributed by atoms with E-state index in [9.17, 15) is 14.4 Å². The van der Waals surface area contributed by atoms with Crippen LogP contribution in [0.25, 0.3) is 0 Å². The molecule has 0 atom stereocenters. The lowest BCUT2D eigenvalue weighted by atomic mass is 10.1. The van der Waals surface area contributed by atoms with E-state index in [0.717, 1.165) is 55.2 Å². The summed E-state index contributed by atoms with van der Waals surface area (Å²) in [6.07, 6.45) is 17.6. The fourth-order valence-electron chi connectivity index (χ4n) is 3.75. The van der Waals surface area contributed by atoms with E-state index in [1.807, 2.05) is 39.0 Å². The molecule has 0 aromatic carbocycles. The monoisotopic (exact) mass is 679 g/mol. The highest BCUT2D eigenvalue weighted by atomic mass is 79.9. The Balaban J connectivity index is 0. The van der Waals surface area contributed by atoms with E-state index >= 15 is 0 Å². The van der Waals surface area contributed by atoms with E-state index in [0.29, 0.717) is 0 Å². The molecule has 8 heteroatoms. The van der Waals surface area contributed by atoms with Crippen molar-refractivity contribution >= 4 is 34.9 Å². The molecule has 44 heavy (non-hydrogen) atoms. The van der Waals surface area contributed by atoms with Crippen LogP contribution >= 0.6 is 17.0 Å². The van der Waals surface area contributed by atoms with E-state index in [2.05, 4.69) is 59.8 Å². The van der Waals surface area contributed by atoms with Gasteiger partial charge in [0, 0.05) is 0 Å². The van der Waals surface area contributed by atoms with Crippen LogP contribution in [0, 0.1) is 0 Å². The van der Waals surface area contributed by atoms with Gasteiger partial charge in [-0.15, -0.1) is 17.0 Å². The molecule has 0 unspecified atom stereocenters. The van der Waals surface area contributed by atoms with Crippen molar-refractivity contribution in [3.63, 3.8) is 0 Å². The molecule has 250 valence electrons. The first-order chi connectivity index (χ1) is 20.3. The molecule has 0 amide bonds. The Bertz CT molecular complexity index is 919. The number of carbonyl (C=O) groups excluding carboxylic acids is 3. The molecule has 0 saturated heterocycles. The lowest BCUT2D eigenvalue weighted by molar-refractivity contribution is -0.150. The Kier molecular flexibility index (Phi) is 26.3. The van der Waals surface area contributed by atoms with Gasteiger partial charge in [-0.05, 0) is 119 Å². The topological polar surface area (TPSA) is 82.1 Å². The molecule has 0 aliphatic rings. The first kappa shape index (κ1) is 43.4. The minimum Gasteiger partial charge on any atom is -0.460 e. The zero-order valence-electron chi connectivity index (χ0n) is 28.8. The highest BCUT2D eigenvalue weighted by Gasteiger charge is 2.20. The van der Waals surface area contributed by atoms with E-state index in [1.165, 1.54) is 21.6 Å². The Morgan fingerprint density at radius 2 is 0.705 bits per heavy atom. The van der Waals surface area contributed by atoms with Gasteiger partial charge in [-0.2, -0.15) is 0 Å². The summed E-state index contributed by atoms with van der Waals surface area (Å²) in [5.74, 6) is -1.59. The predicted octanol–water partition coefficient (Wildman–Crippen LogP) is 8.57. The van der Waals surface area contributed by atoms with Gasteiger partial charge in [0.05, 0.1) is 19.6 Å². The molecule has 0 aromatic heterocycles. The van der Waals surface area contributed by atoms with Gasteiger partial charge in [0.1, 0.15) is 19.8 Å². The second-order valence-corrected chi connectivity index (χ2v) is 11.8. The molecule has 0 aliphatic heterocycles. The molecule has 0 spiro atoms. The van der Waals surface area contributed by atoms with E-state index < -0.39 is 17.9 Å². The van der Waals surface area contributed by atoms with Crippen LogP contribution in [0.15, 0.2) is 69.9 Å². The molecular weight excluding hydrogens is 622 g/mol. The number of allylic oxidation sites excluding steroid dienone is 9. The number of esters is 3. The summed E-state index contributed by atoms with van der Waals surface area (Å²) < 4.78 is 16.1. The number of ether oxygens (including phenoxy) is 3. The molecule has 0 fully saturated rings. The van der Waals surface area contributed by atoms with Crippen LogP contribution < -0.4 is 0 Å². The third kappa shape index (κ3) is 28.1. The standard InChI is InChI=1S/C36H57NO6.BrH/c1-28(2)13-10-16-31(7)19-22-41-34(38)25-37(26-35(39)42-23-20-32(8)17-11-14-29(3)4)27-36(40)43-24-21-33(9)18-12-15-30(5)6;/h13-15,19-21H,10-12,16-18,22-27H2,1-9H3;1H/b31-19+,32-20+,33-21+;. The molecule has 0 saturated carbocycles. The molecule has 0 radical (unpaired) electrons. The van der Waals surface area contributed by atoms with Crippen LogP contribution in [0.3, 0.4) is 0 Å². The van der Waals surface area contributed by atoms with Crippen molar-refractivity contribution in [3.8, 4) is 0 Å². The van der Waals surface area contributed by atoms with Crippen molar-refractivity contribution in [2.45, 2.75) is 101 Å². The maximum absolute atomic E-state index is 12.6. The molecule has 0 heterocycles. The smallest absolute Gasteiger partial charge is 0.320 e. The summed E-state index contributed by atoms with van der Waals surface area (Å²) in [5.41, 5.74) is 7.20. The first-order valence-electron chi connectivity index (χ1n) is 15.3. The molecule has 0 N–H and O–H groups in total. The molecular formula is C36H58BrNO6. The third-order valence-corrected chi connectivity index (χ3v) is 6.36. The molecule has 0 bridgehead atoms. The quantitative estimate of drug-likeness (QED) is 0.0683. The highest BCUT2D eigenvalue weighted by Crippen LogP contribution is 2.09. The average Bonchev–Trinajstić information content (AvgIpc) is 2.87. The van der Waals surface area contributed by atoms with Crippen molar-refractivity contribution in [3.05, 3.63) is 69.9 Å². The number of nitrogens with zero attached hydrogens (tertiary/aromatic N) is 1. The van der Waals surface area contributed by atoms with Crippen LogP contribution in [-0.4, -0.2) is 62.3 Å². The zero-order valence-corrected chi connectivity index (χ0v) is 30.5. The van der Waals surface area contributed by atoms with Crippen LogP contribution in [-0.2, 0) is 28.6 Å². The Hall–Kier alpha value is -2.71. The summed E-state index contributed by atoms with van der Waals surface area (Å²) in [7, 11) is 0. The largest absolute Gasteiger partial charge is 0.460 e. The Labute approximate surface area is 277 Å². The average molecular weight is 681 g/mol. The lowest BCUT2D eigenvalue weighted by Crippen LogP contribution is -2.40. The fourth-order valence-corrected chi connectivity index (χ4v) is 3.75. The molecule has 0 rings (SSSR count). The van der Waals surface area contributed by atoms with Crippen LogP contribution in [0.2, 0.25) is 0 Å². The number of carbonyl (C=O) groups is 3. The second-order valence-electron chi connectivity index (χ2n) is 11.8. The van der Waals surface area contributed by atoms with Gasteiger partial charge in [-0.1, -0.05) is 51.7 Å². The minimum atomic E-state index is -0.529. The van der Waals surface area contributed by atoms with Gasteiger partial charge in [0.15, 0.2) is 0 Å². The van der Waals surface area contributed by atoms with E-state index in [4.69, 9.17) is 14.2 Å². The van der Waals surface area contributed by atoms with Crippen LogP contribution in [0.1, 0.15) is 101 Å². The van der Waals surface area contributed by atoms with Gasteiger partial charge in [-0.25, -0.2) is 0 Å². The number of halogens is 1. The van der Waals surface area contributed by atoms with Gasteiger partial charge >= 0.3 is 17.9 Å². The third-order valence-electron chi connectivity index (χ3n) is 6.36. The normalized spacial score (nSPS) is 11.7. The van der Waals surface area contributed by atoms with E-state index in [-0.39, 0.29) is 56.4 Å². The summed E-state index contributed by atoms with van der Waals surface area (Å²) >= 11 is 0. The highest BCUT2D eigenvalue weighted by molar-refractivity contribution is 8.93. The van der Waals surface area contributed by atoms with E-state index in [1.54, 1.807) is 0 Å². The maximum atomic E-state index is 12.6. The molecule has 0 aliphatic carbocycles. The lowest BCUT2D eigenvalue weighted by Gasteiger charge is -2.19. The van der Waals surface area contributed by atoms with Crippen molar-refractivity contribution in [1.82, 2.24) is 4.90 Å². The molecule has 7 nitrogen and oxygen atoms in total. The number of hydrogen-bond acceptors (Lipinski definition) is 7. The summed E-state index contributed by atoms with van der Waals surface area (Å²) in [6, 6.07) is 0. The van der Waals surface area contributed by atoms with Gasteiger partial charge < -0.3 is 14.2 Å². The van der Waals surface area contributed by atoms with Gasteiger partial charge in [0.2, 0.25) is 0 Å². The number of rotatable bonds is 21. The maximum Gasteiger partial charge on any atom is 0.320 e. The van der Waals surface area contributed by atoms with Crippen molar-refractivity contribution < 1.29 is 28.6 Å². The van der Waals surface area contributed by atoms with Crippen molar-refractivity contribution in [2.75, 3.05) is 39.5 Å². The number of hydrogen-bond donors (Lipinski definition) is 0. The summed E-state index contributed by atoms with van der Waals surface area (Å²) in [4.78, 5) is 39.1. The van der Waals surface area contributed by atoms with Crippen molar-refractivity contribution in [1.29, 1.82) is 0 Å². The first-order valence-corrected chi connectivity index (χ1v) is 15.3.